The predicted octanol–water partition coefficient (Wildman–Crippen LogP) is 1.15. The molecule has 1 aromatic heterocycles. The SMILES string of the molecule is CN(C)C(=O)[C@H]1CCCN1CCCNC(=O)/C=C/c1ccncc1. The summed E-state index contributed by atoms with van der Waals surface area (Å²) < 4.78 is 0. The van der Waals surface area contributed by atoms with Gasteiger partial charge in [-0.05, 0) is 49.6 Å². The first kappa shape index (κ1) is 18.1. The maximum Gasteiger partial charge on any atom is 0.243 e. The molecular formula is C18H26N4O2. The van der Waals surface area contributed by atoms with Gasteiger partial charge in [-0.15, -0.1) is 0 Å². The van der Waals surface area contributed by atoms with Gasteiger partial charge in [0.2, 0.25) is 11.8 Å². The lowest BCUT2D eigenvalue weighted by atomic mass is 10.2. The summed E-state index contributed by atoms with van der Waals surface area (Å²) in [7, 11) is 3.60. The molecule has 0 bridgehead atoms. The Morgan fingerprint density at radius 1 is 1.38 bits per heavy atom. The molecule has 6 heteroatoms. The Labute approximate surface area is 143 Å². The second kappa shape index (κ2) is 9.17. The third kappa shape index (κ3) is 5.45. The molecule has 0 radical (unpaired) electrons. The molecule has 130 valence electrons. The number of likely N-dealkylation sites (N-methyl/N-ethyl adjacent to an activating group) is 1. The monoisotopic (exact) mass is 330 g/mol. The van der Waals surface area contributed by atoms with E-state index in [1.54, 1.807) is 37.5 Å². The van der Waals surface area contributed by atoms with E-state index in [0.29, 0.717) is 6.54 Å². The van der Waals surface area contributed by atoms with Gasteiger partial charge in [-0.1, -0.05) is 0 Å². The van der Waals surface area contributed by atoms with E-state index in [9.17, 15) is 9.59 Å². The van der Waals surface area contributed by atoms with Crippen molar-refractivity contribution in [2.75, 3.05) is 33.7 Å². The largest absolute Gasteiger partial charge is 0.353 e. The van der Waals surface area contributed by atoms with Gasteiger partial charge in [0.1, 0.15) is 0 Å². The highest BCUT2D eigenvalue weighted by Gasteiger charge is 2.30. The number of rotatable bonds is 7. The summed E-state index contributed by atoms with van der Waals surface area (Å²) in [6.45, 7) is 2.40. The number of hydrogen-bond acceptors (Lipinski definition) is 4. The van der Waals surface area contributed by atoms with Gasteiger partial charge in [0.25, 0.3) is 0 Å². The number of carbonyl (C=O) groups excluding carboxylic acids is 2. The van der Waals surface area contributed by atoms with Gasteiger partial charge in [-0.2, -0.15) is 0 Å². The van der Waals surface area contributed by atoms with E-state index in [1.807, 2.05) is 12.1 Å². The molecule has 0 aliphatic carbocycles. The Bertz CT molecular complexity index is 572. The Hall–Kier alpha value is -2.21. The Morgan fingerprint density at radius 2 is 2.12 bits per heavy atom. The van der Waals surface area contributed by atoms with Crippen molar-refractivity contribution in [3.05, 3.63) is 36.2 Å². The summed E-state index contributed by atoms with van der Waals surface area (Å²) in [5.41, 5.74) is 0.947. The van der Waals surface area contributed by atoms with E-state index in [-0.39, 0.29) is 17.9 Å². The van der Waals surface area contributed by atoms with Crippen LogP contribution in [0.3, 0.4) is 0 Å². The minimum absolute atomic E-state index is 0.00212. The fraction of sp³-hybridized carbons (Fsp3) is 0.500. The van der Waals surface area contributed by atoms with Crippen molar-refractivity contribution >= 4 is 17.9 Å². The van der Waals surface area contributed by atoms with Crippen molar-refractivity contribution in [3.63, 3.8) is 0 Å². The van der Waals surface area contributed by atoms with Gasteiger partial charge >= 0.3 is 0 Å². The van der Waals surface area contributed by atoms with E-state index >= 15 is 0 Å². The molecular weight excluding hydrogens is 304 g/mol. The van der Waals surface area contributed by atoms with Crippen LogP contribution >= 0.6 is 0 Å². The van der Waals surface area contributed by atoms with Gasteiger partial charge in [0.15, 0.2) is 0 Å². The molecule has 1 aromatic rings. The van der Waals surface area contributed by atoms with Crippen LogP contribution in [0.5, 0.6) is 0 Å². The zero-order valence-corrected chi connectivity index (χ0v) is 14.4. The van der Waals surface area contributed by atoms with Gasteiger partial charge in [0.05, 0.1) is 6.04 Å². The zero-order chi connectivity index (χ0) is 17.4. The molecule has 1 atom stereocenters. The smallest absolute Gasteiger partial charge is 0.243 e. The lowest BCUT2D eigenvalue weighted by molar-refractivity contribution is -0.133. The van der Waals surface area contributed by atoms with Crippen molar-refractivity contribution < 1.29 is 9.59 Å². The molecule has 24 heavy (non-hydrogen) atoms. The summed E-state index contributed by atoms with van der Waals surface area (Å²) in [6, 6.07) is 3.69. The lowest BCUT2D eigenvalue weighted by Gasteiger charge is -2.25. The third-order valence-corrected chi connectivity index (χ3v) is 4.14. The summed E-state index contributed by atoms with van der Waals surface area (Å²) in [6.07, 6.45) is 9.51. The Balaban J connectivity index is 1.68. The van der Waals surface area contributed by atoms with E-state index < -0.39 is 0 Å². The fourth-order valence-electron chi connectivity index (χ4n) is 2.87. The van der Waals surface area contributed by atoms with Crippen LogP contribution < -0.4 is 5.32 Å². The zero-order valence-electron chi connectivity index (χ0n) is 14.4. The van der Waals surface area contributed by atoms with Crippen LogP contribution in [0.2, 0.25) is 0 Å². The lowest BCUT2D eigenvalue weighted by Crippen LogP contribution is -2.43. The number of hydrogen-bond donors (Lipinski definition) is 1. The molecule has 2 amide bonds. The van der Waals surface area contributed by atoms with Crippen molar-refractivity contribution in [1.82, 2.24) is 20.1 Å². The molecule has 6 nitrogen and oxygen atoms in total. The number of pyridine rings is 1. The van der Waals surface area contributed by atoms with Crippen LogP contribution in [-0.2, 0) is 9.59 Å². The van der Waals surface area contributed by atoms with Crippen molar-refractivity contribution in [2.24, 2.45) is 0 Å². The number of nitrogens with one attached hydrogen (secondary N) is 1. The number of carbonyl (C=O) groups is 2. The molecule has 1 aliphatic heterocycles. The molecule has 1 saturated heterocycles. The second-order valence-electron chi connectivity index (χ2n) is 6.19. The first-order chi connectivity index (χ1) is 11.6. The first-order valence-corrected chi connectivity index (χ1v) is 8.39. The fourth-order valence-corrected chi connectivity index (χ4v) is 2.87. The second-order valence-corrected chi connectivity index (χ2v) is 6.19. The number of nitrogens with zero attached hydrogens (tertiary/aromatic N) is 3. The average molecular weight is 330 g/mol. The quantitative estimate of drug-likeness (QED) is 0.602. The summed E-state index contributed by atoms with van der Waals surface area (Å²) >= 11 is 0. The molecule has 0 saturated carbocycles. The molecule has 1 fully saturated rings. The van der Waals surface area contributed by atoms with E-state index in [4.69, 9.17) is 0 Å². The highest BCUT2D eigenvalue weighted by Crippen LogP contribution is 2.18. The number of likely N-dealkylation sites (tertiary alicyclic amines) is 1. The molecule has 0 spiro atoms. The van der Waals surface area contributed by atoms with Crippen LogP contribution in [0.1, 0.15) is 24.8 Å². The summed E-state index contributed by atoms with van der Waals surface area (Å²) in [4.78, 5) is 31.7. The predicted molar refractivity (Wildman–Crippen MR) is 94.2 cm³/mol. The molecule has 1 aliphatic rings. The minimum atomic E-state index is -0.103. The Kier molecular flexibility index (Phi) is 6.93. The Morgan fingerprint density at radius 3 is 2.83 bits per heavy atom. The maximum atomic E-state index is 12.1. The summed E-state index contributed by atoms with van der Waals surface area (Å²) in [5.74, 6) is 0.0750. The van der Waals surface area contributed by atoms with E-state index in [2.05, 4.69) is 15.2 Å². The van der Waals surface area contributed by atoms with E-state index in [1.165, 1.54) is 6.08 Å². The topological polar surface area (TPSA) is 65.5 Å². The van der Waals surface area contributed by atoms with Gasteiger partial charge in [-0.25, -0.2) is 0 Å². The normalized spacial score (nSPS) is 18.0. The van der Waals surface area contributed by atoms with Crippen LogP contribution in [0, 0.1) is 0 Å². The standard InChI is InChI=1S/C18H26N4O2/c1-21(2)18(24)16-5-3-13-22(16)14-4-10-20-17(23)7-6-15-8-11-19-12-9-15/h6-9,11-12,16H,3-5,10,13-14H2,1-2H3,(H,20,23)/b7-6+/t16-/m1/s1. The molecule has 2 heterocycles. The van der Waals surface area contributed by atoms with E-state index in [0.717, 1.165) is 37.9 Å². The van der Waals surface area contributed by atoms with Gasteiger partial charge < -0.3 is 10.2 Å². The maximum absolute atomic E-state index is 12.1. The molecule has 2 rings (SSSR count). The van der Waals surface area contributed by atoms with Crippen molar-refractivity contribution in [2.45, 2.75) is 25.3 Å². The van der Waals surface area contributed by atoms with Crippen LogP contribution in [0.15, 0.2) is 30.6 Å². The van der Waals surface area contributed by atoms with Crippen LogP contribution in [0.4, 0.5) is 0 Å². The van der Waals surface area contributed by atoms with Crippen molar-refractivity contribution in [1.29, 1.82) is 0 Å². The van der Waals surface area contributed by atoms with Gasteiger partial charge in [-0.3, -0.25) is 19.5 Å². The van der Waals surface area contributed by atoms with Crippen LogP contribution in [0.25, 0.3) is 6.08 Å². The first-order valence-electron chi connectivity index (χ1n) is 8.39. The highest BCUT2D eigenvalue weighted by atomic mass is 16.2. The minimum Gasteiger partial charge on any atom is -0.353 e. The molecule has 0 unspecified atom stereocenters. The molecule has 1 N–H and O–H groups in total. The molecule has 0 aromatic carbocycles. The average Bonchev–Trinajstić information content (AvgIpc) is 3.05. The van der Waals surface area contributed by atoms with Crippen LogP contribution in [-0.4, -0.2) is 66.4 Å². The highest BCUT2D eigenvalue weighted by molar-refractivity contribution is 5.91. The van der Waals surface area contributed by atoms with Gasteiger partial charge in [0, 0.05) is 45.7 Å². The van der Waals surface area contributed by atoms with Crippen molar-refractivity contribution in [3.8, 4) is 0 Å². The third-order valence-electron chi connectivity index (χ3n) is 4.14. The number of aromatic nitrogens is 1. The summed E-state index contributed by atoms with van der Waals surface area (Å²) in [5, 5.41) is 2.88. The number of amides is 2.